The van der Waals surface area contributed by atoms with Crippen LogP contribution in [0.25, 0.3) is 0 Å². The lowest BCUT2D eigenvalue weighted by Gasteiger charge is -2.29. The highest BCUT2D eigenvalue weighted by Crippen LogP contribution is 2.27. The van der Waals surface area contributed by atoms with Gasteiger partial charge in [0.25, 0.3) is 0 Å². The molecule has 0 aromatic heterocycles. The van der Waals surface area contributed by atoms with Crippen molar-refractivity contribution in [3.8, 4) is 11.5 Å². The summed E-state index contributed by atoms with van der Waals surface area (Å²) in [5, 5.41) is 9.65. The molecular weight excluding hydrogens is 242 g/mol. The van der Waals surface area contributed by atoms with Crippen LogP contribution >= 0.6 is 0 Å². The molecule has 1 heterocycles. The quantitative estimate of drug-likeness (QED) is 0.880. The smallest absolute Gasteiger partial charge is 0.160 e. The maximum Gasteiger partial charge on any atom is 0.160 e. The molecule has 1 aliphatic heterocycles. The molecule has 0 spiro atoms. The maximum absolute atomic E-state index is 9.65. The van der Waals surface area contributed by atoms with E-state index in [2.05, 4.69) is 11.0 Å². The van der Waals surface area contributed by atoms with Crippen LogP contribution in [0.1, 0.15) is 18.4 Å². The molecule has 1 fully saturated rings. The number of nitrogens with zero attached hydrogens (tertiary/aromatic N) is 1. The van der Waals surface area contributed by atoms with Crippen LogP contribution in [0.3, 0.4) is 0 Å². The summed E-state index contributed by atoms with van der Waals surface area (Å²) in [6.45, 7) is 2.87. The highest BCUT2D eigenvalue weighted by molar-refractivity contribution is 5.42. The first-order chi connectivity index (χ1) is 9.22. The van der Waals surface area contributed by atoms with E-state index in [4.69, 9.17) is 9.47 Å². The molecule has 1 aromatic rings. The van der Waals surface area contributed by atoms with Gasteiger partial charge in [0.1, 0.15) is 0 Å². The summed E-state index contributed by atoms with van der Waals surface area (Å²) in [6, 6.07) is 6.04. The number of ether oxygens (including phenoxy) is 2. The van der Waals surface area contributed by atoms with Gasteiger partial charge in [-0.15, -0.1) is 0 Å². The van der Waals surface area contributed by atoms with Crippen molar-refractivity contribution in [2.45, 2.75) is 25.4 Å². The molecule has 4 heteroatoms. The molecule has 2 rings (SSSR count). The van der Waals surface area contributed by atoms with E-state index >= 15 is 0 Å². The van der Waals surface area contributed by atoms with Crippen molar-refractivity contribution in [1.82, 2.24) is 4.90 Å². The lowest BCUT2D eigenvalue weighted by atomic mass is 10.1. The van der Waals surface area contributed by atoms with Gasteiger partial charge in [-0.1, -0.05) is 6.07 Å². The van der Waals surface area contributed by atoms with Crippen molar-refractivity contribution in [1.29, 1.82) is 0 Å². The minimum Gasteiger partial charge on any atom is -0.493 e. The number of benzene rings is 1. The van der Waals surface area contributed by atoms with E-state index < -0.39 is 0 Å². The Kier molecular flexibility index (Phi) is 5.05. The van der Waals surface area contributed by atoms with E-state index in [0.29, 0.717) is 0 Å². The molecule has 1 aliphatic rings. The van der Waals surface area contributed by atoms with Gasteiger partial charge in [0, 0.05) is 13.1 Å². The number of likely N-dealkylation sites (tertiary alicyclic amines) is 1. The lowest BCUT2D eigenvalue weighted by Crippen LogP contribution is -2.39. The van der Waals surface area contributed by atoms with Crippen LogP contribution in [0.15, 0.2) is 18.2 Å². The van der Waals surface area contributed by atoms with E-state index in [1.807, 2.05) is 12.1 Å². The second-order valence-corrected chi connectivity index (χ2v) is 5.04. The predicted octanol–water partition coefficient (Wildman–Crippen LogP) is 1.70. The highest BCUT2D eigenvalue weighted by atomic mass is 16.5. The number of rotatable bonds is 5. The van der Waals surface area contributed by atoms with Crippen molar-refractivity contribution in [2.24, 2.45) is 0 Å². The monoisotopic (exact) mass is 265 g/mol. The maximum atomic E-state index is 9.65. The fourth-order valence-corrected chi connectivity index (χ4v) is 2.56. The first kappa shape index (κ1) is 14.2. The Morgan fingerprint density at radius 1 is 1.26 bits per heavy atom. The largest absolute Gasteiger partial charge is 0.493 e. The van der Waals surface area contributed by atoms with Crippen LogP contribution in [-0.2, 0) is 6.42 Å². The fourth-order valence-electron chi connectivity index (χ4n) is 2.56. The molecule has 1 N–H and O–H groups in total. The zero-order valence-corrected chi connectivity index (χ0v) is 11.8. The molecule has 19 heavy (non-hydrogen) atoms. The number of piperidine rings is 1. The zero-order valence-electron chi connectivity index (χ0n) is 11.8. The second kappa shape index (κ2) is 6.78. The minimum absolute atomic E-state index is 0.154. The Morgan fingerprint density at radius 3 is 2.74 bits per heavy atom. The van der Waals surface area contributed by atoms with Gasteiger partial charge in [0.15, 0.2) is 11.5 Å². The first-order valence-electron chi connectivity index (χ1n) is 6.84. The van der Waals surface area contributed by atoms with Crippen molar-refractivity contribution in [3.05, 3.63) is 23.8 Å². The Balaban J connectivity index is 1.92. The van der Waals surface area contributed by atoms with Crippen molar-refractivity contribution in [2.75, 3.05) is 33.9 Å². The molecular formula is C15H23NO3. The highest BCUT2D eigenvalue weighted by Gasteiger charge is 2.17. The number of hydrogen-bond acceptors (Lipinski definition) is 4. The topological polar surface area (TPSA) is 41.9 Å². The molecule has 1 atom stereocenters. The predicted molar refractivity (Wildman–Crippen MR) is 74.9 cm³/mol. The van der Waals surface area contributed by atoms with E-state index in [0.717, 1.165) is 50.4 Å². The third kappa shape index (κ3) is 3.85. The first-order valence-corrected chi connectivity index (χ1v) is 6.84. The van der Waals surface area contributed by atoms with Crippen molar-refractivity contribution >= 4 is 0 Å². The van der Waals surface area contributed by atoms with Crippen LogP contribution in [0.4, 0.5) is 0 Å². The van der Waals surface area contributed by atoms with Crippen molar-refractivity contribution < 1.29 is 14.6 Å². The van der Waals surface area contributed by atoms with Gasteiger partial charge >= 0.3 is 0 Å². The summed E-state index contributed by atoms with van der Waals surface area (Å²) in [4.78, 5) is 2.32. The zero-order chi connectivity index (χ0) is 13.7. The van der Waals surface area contributed by atoms with Gasteiger partial charge in [0.2, 0.25) is 0 Å². The third-order valence-electron chi connectivity index (χ3n) is 3.65. The minimum atomic E-state index is -0.154. The second-order valence-electron chi connectivity index (χ2n) is 5.04. The summed E-state index contributed by atoms with van der Waals surface area (Å²) < 4.78 is 10.5. The summed E-state index contributed by atoms with van der Waals surface area (Å²) in [5.74, 6) is 1.54. The van der Waals surface area contributed by atoms with Crippen LogP contribution in [0.5, 0.6) is 11.5 Å². The molecule has 106 valence electrons. The van der Waals surface area contributed by atoms with Crippen LogP contribution in [-0.4, -0.2) is 50.0 Å². The third-order valence-corrected chi connectivity index (χ3v) is 3.65. The molecule has 0 amide bonds. The summed E-state index contributed by atoms with van der Waals surface area (Å²) >= 11 is 0. The molecule has 0 aliphatic carbocycles. The summed E-state index contributed by atoms with van der Waals surface area (Å²) in [5.41, 5.74) is 1.23. The Hall–Kier alpha value is -1.26. The number of β-amino-alcohol motifs (C(OH)–C–C–N with tert-alkyl or cyclic N) is 1. The fraction of sp³-hybridized carbons (Fsp3) is 0.600. The molecule has 1 aromatic carbocycles. The molecule has 0 saturated carbocycles. The van der Waals surface area contributed by atoms with Gasteiger partial charge in [-0.05, 0) is 43.5 Å². The van der Waals surface area contributed by atoms with E-state index in [1.165, 1.54) is 5.56 Å². The van der Waals surface area contributed by atoms with Gasteiger partial charge in [-0.25, -0.2) is 0 Å². The number of methoxy groups -OCH3 is 2. The van der Waals surface area contributed by atoms with E-state index in [1.54, 1.807) is 14.2 Å². The molecule has 0 radical (unpaired) electrons. The van der Waals surface area contributed by atoms with Crippen LogP contribution < -0.4 is 9.47 Å². The van der Waals surface area contributed by atoms with Gasteiger partial charge in [0.05, 0.1) is 20.3 Å². The van der Waals surface area contributed by atoms with E-state index in [9.17, 15) is 5.11 Å². The summed E-state index contributed by atoms with van der Waals surface area (Å²) in [7, 11) is 3.30. The molecule has 4 nitrogen and oxygen atoms in total. The van der Waals surface area contributed by atoms with Crippen molar-refractivity contribution in [3.63, 3.8) is 0 Å². The molecule has 1 unspecified atom stereocenters. The number of aliphatic hydroxyl groups excluding tert-OH is 1. The van der Waals surface area contributed by atoms with Crippen LogP contribution in [0, 0.1) is 0 Å². The number of hydrogen-bond donors (Lipinski definition) is 1. The lowest BCUT2D eigenvalue weighted by molar-refractivity contribution is 0.0714. The molecule has 0 bridgehead atoms. The normalized spacial score (nSPS) is 20.3. The Morgan fingerprint density at radius 2 is 2.05 bits per heavy atom. The van der Waals surface area contributed by atoms with Crippen LogP contribution in [0.2, 0.25) is 0 Å². The Labute approximate surface area is 114 Å². The molecule has 1 saturated heterocycles. The standard InChI is InChI=1S/C15H23NO3/c1-18-14-6-5-12(10-15(14)19-2)7-9-16-8-3-4-13(17)11-16/h5-6,10,13,17H,3-4,7-9,11H2,1-2H3. The van der Waals surface area contributed by atoms with E-state index in [-0.39, 0.29) is 6.10 Å². The summed E-state index contributed by atoms with van der Waals surface area (Å²) in [6.07, 6.45) is 2.84. The van der Waals surface area contributed by atoms with Gasteiger partial charge in [-0.2, -0.15) is 0 Å². The average molecular weight is 265 g/mol. The van der Waals surface area contributed by atoms with Gasteiger partial charge < -0.3 is 19.5 Å². The van der Waals surface area contributed by atoms with Gasteiger partial charge in [-0.3, -0.25) is 0 Å². The average Bonchev–Trinajstić information content (AvgIpc) is 2.45. The number of aliphatic hydroxyl groups is 1. The Bertz CT molecular complexity index is 408. The SMILES string of the molecule is COc1ccc(CCN2CCCC(O)C2)cc1OC.